The lowest BCUT2D eigenvalue weighted by Gasteiger charge is -2.08. The van der Waals surface area contributed by atoms with Gasteiger partial charge in [0.15, 0.2) is 0 Å². The van der Waals surface area contributed by atoms with Gasteiger partial charge < -0.3 is 5.32 Å². The van der Waals surface area contributed by atoms with Crippen LogP contribution in [-0.2, 0) is 13.6 Å². The van der Waals surface area contributed by atoms with Crippen molar-refractivity contribution in [2.24, 2.45) is 7.05 Å². The highest BCUT2D eigenvalue weighted by Crippen LogP contribution is 2.23. The maximum atomic E-state index is 4.17. The van der Waals surface area contributed by atoms with Crippen LogP contribution in [-0.4, -0.2) is 9.78 Å². The Hall–Kier alpha value is -2.29. The zero-order valence-electron chi connectivity index (χ0n) is 10.3. The van der Waals surface area contributed by atoms with E-state index in [4.69, 9.17) is 0 Å². The highest BCUT2D eigenvalue weighted by Gasteiger charge is 2.00. The van der Waals surface area contributed by atoms with Crippen LogP contribution in [0, 0.1) is 0 Å². The third-order valence-electron chi connectivity index (χ3n) is 3.03. The van der Waals surface area contributed by atoms with Crippen LogP contribution in [0.15, 0.2) is 54.9 Å². The van der Waals surface area contributed by atoms with E-state index in [9.17, 15) is 0 Å². The Kier molecular flexibility index (Phi) is 2.73. The summed E-state index contributed by atoms with van der Waals surface area (Å²) >= 11 is 0. The zero-order chi connectivity index (χ0) is 12.4. The van der Waals surface area contributed by atoms with Gasteiger partial charge in [0.25, 0.3) is 0 Å². The molecule has 0 spiro atoms. The van der Waals surface area contributed by atoms with Gasteiger partial charge >= 0.3 is 0 Å². The number of benzene rings is 2. The van der Waals surface area contributed by atoms with Crippen molar-refractivity contribution in [3.8, 4) is 0 Å². The van der Waals surface area contributed by atoms with Crippen molar-refractivity contribution in [3.63, 3.8) is 0 Å². The molecular formula is C15H15N3. The summed E-state index contributed by atoms with van der Waals surface area (Å²) < 4.78 is 1.82. The minimum atomic E-state index is 0.793. The Morgan fingerprint density at radius 3 is 2.78 bits per heavy atom. The van der Waals surface area contributed by atoms with Gasteiger partial charge in [-0.15, -0.1) is 0 Å². The van der Waals surface area contributed by atoms with Gasteiger partial charge in [0, 0.05) is 36.4 Å². The van der Waals surface area contributed by atoms with E-state index in [1.807, 2.05) is 24.1 Å². The number of aryl methyl sites for hydroxylation is 1. The van der Waals surface area contributed by atoms with Crippen molar-refractivity contribution < 1.29 is 0 Å². The second-order valence-electron chi connectivity index (χ2n) is 4.40. The lowest BCUT2D eigenvalue weighted by molar-refractivity contribution is 0.767. The predicted octanol–water partition coefficient (Wildman–Crippen LogP) is 3.19. The zero-order valence-corrected chi connectivity index (χ0v) is 10.3. The minimum Gasteiger partial charge on any atom is -0.380 e. The molecule has 3 rings (SSSR count). The van der Waals surface area contributed by atoms with Crippen LogP contribution >= 0.6 is 0 Å². The first kappa shape index (κ1) is 10.8. The summed E-state index contributed by atoms with van der Waals surface area (Å²) in [6.07, 6.45) is 3.91. The summed E-state index contributed by atoms with van der Waals surface area (Å²) in [6.45, 7) is 0.793. The monoisotopic (exact) mass is 237 g/mol. The van der Waals surface area contributed by atoms with Gasteiger partial charge in [-0.2, -0.15) is 5.10 Å². The van der Waals surface area contributed by atoms with Gasteiger partial charge in [-0.1, -0.05) is 36.4 Å². The van der Waals surface area contributed by atoms with Crippen molar-refractivity contribution in [1.82, 2.24) is 9.78 Å². The van der Waals surface area contributed by atoms with Crippen LogP contribution in [0.4, 0.5) is 5.69 Å². The Morgan fingerprint density at radius 1 is 1.11 bits per heavy atom. The van der Waals surface area contributed by atoms with E-state index < -0.39 is 0 Å². The molecule has 0 aliphatic heterocycles. The van der Waals surface area contributed by atoms with Crippen LogP contribution in [0.25, 0.3) is 10.8 Å². The number of anilines is 1. The number of rotatable bonds is 3. The molecule has 0 saturated heterocycles. The molecule has 0 bridgehead atoms. The van der Waals surface area contributed by atoms with Crippen LogP contribution in [0.3, 0.4) is 0 Å². The molecule has 2 aromatic carbocycles. The van der Waals surface area contributed by atoms with E-state index in [1.165, 1.54) is 16.3 Å². The highest BCUT2D eigenvalue weighted by atomic mass is 15.2. The Balaban J connectivity index is 1.86. The van der Waals surface area contributed by atoms with E-state index in [2.05, 4.69) is 52.9 Å². The first-order valence-electron chi connectivity index (χ1n) is 6.02. The van der Waals surface area contributed by atoms with Gasteiger partial charge in [0.1, 0.15) is 0 Å². The fourth-order valence-corrected chi connectivity index (χ4v) is 2.14. The van der Waals surface area contributed by atoms with Gasteiger partial charge in [-0.25, -0.2) is 0 Å². The average Bonchev–Trinajstić information content (AvgIpc) is 2.82. The summed E-state index contributed by atoms with van der Waals surface area (Å²) in [5.41, 5.74) is 2.35. The highest BCUT2D eigenvalue weighted by molar-refractivity contribution is 5.93. The van der Waals surface area contributed by atoms with Crippen molar-refractivity contribution in [3.05, 3.63) is 60.4 Å². The first-order valence-corrected chi connectivity index (χ1v) is 6.02. The number of nitrogens with one attached hydrogen (secondary N) is 1. The molecule has 1 N–H and O–H groups in total. The van der Waals surface area contributed by atoms with E-state index in [-0.39, 0.29) is 0 Å². The maximum Gasteiger partial charge on any atom is 0.0539 e. The quantitative estimate of drug-likeness (QED) is 0.758. The molecule has 1 heterocycles. The Bertz CT molecular complexity index is 665. The average molecular weight is 237 g/mol. The summed E-state index contributed by atoms with van der Waals surface area (Å²) in [5.74, 6) is 0. The normalized spacial score (nSPS) is 10.7. The summed E-state index contributed by atoms with van der Waals surface area (Å²) in [6, 6.07) is 14.7. The topological polar surface area (TPSA) is 29.9 Å². The second kappa shape index (κ2) is 4.53. The SMILES string of the molecule is Cn1cc(CNc2cccc3ccccc23)cn1. The van der Waals surface area contributed by atoms with E-state index >= 15 is 0 Å². The Labute approximate surface area is 106 Å². The molecule has 3 aromatic rings. The first-order chi connectivity index (χ1) is 8.83. The minimum absolute atomic E-state index is 0.793. The van der Waals surface area contributed by atoms with Crippen molar-refractivity contribution in [2.45, 2.75) is 6.54 Å². The van der Waals surface area contributed by atoms with E-state index in [1.54, 1.807) is 0 Å². The smallest absolute Gasteiger partial charge is 0.0539 e. The molecule has 0 saturated carbocycles. The van der Waals surface area contributed by atoms with Gasteiger partial charge in [0.2, 0.25) is 0 Å². The molecule has 0 fully saturated rings. The standard InChI is InChI=1S/C15H15N3/c1-18-11-12(10-17-18)9-16-15-8-4-6-13-5-2-3-7-14(13)15/h2-8,10-11,16H,9H2,1H3. The van der Waals surface area contributed by atoms with Gasteiger partial charge in [-0.3, -0.25) is 4.68 Å². The lowest BCUT2D eigenvalue weighted by atomic mass is 10.1. The summed E-state index contributed by atoms with van der Waals surface area (Å²) in [4.78, 5) is 0. The number of fused-ring (bicyclic) bond motifs is 1. The number of nitrogens with zero attached hydrogens (tertiary/aromatic N) is 2. The van der Waals surface area contributed by atoms with Gasteiger partial charge in [-0.05, 0) is 11.5 Å². The predicted molar refractivity (Wildman–Crippen MR) is 74.5 cm³/mol. The van der Waals surface area contributed by atoms with Crippen LogP contribution in [0.5, 0.6) is 0 Å². The third-order valence-corrected chi connectivity index (χ3v) is 3.03. The third kappa shape index (κ3) is 2.07. The van der Waals surface area contributed by atoms with Crippen LogP contribution in [0.1, 0.15) is 5.56 Å². The molecule has 1 aromatic heterocycles. The number of hydrogen-bond acceptors (Lipinski definition) is 2. The molecule has 0 aliphatic rings. The number of hydrogen-bond donors (Lipinski definition) is 1. The van der Waals surface area contributed by atoms with Crippen molar-refractivity contribution in [2.75, 3.05) is 5.32 Å². The molecule has 18 heavy (non-hydrogen) atoms. The molecule has 3 heteroatoms. The summed E-state index contributed by atoms with van der Waals surface area (Å²) in [5, 5.41) is 10.1. The second-order valence-corrected chi connectivity index (χ2v) is 4.40. The van der Waals surface area contributed by atoms with Crippen LogP contribution in [0.2, 0.25) is 0 Å². The molecule has 3 nitrogen and oxygen atoms in total. The molecule has 0 unspecified atom stereocenters. The van der Waals surface area contributed by atoms with Gasteiger partial charge in [0.05, 0.1) is 6.20 Å². The lowest BCUT2D eigenvalue weighted by Crippen LogP contribution is -1.98. The fourth-order valence-electron chi connectivity index (χ4n) is 2.14. The molecular weight excluding hydrogens is 222 g/mol. The van der Waals surface area contributed by atoms with Crippen molar-refractivity contribution >= 4 is 16.5 Å². The number of aromatic nitrogens is 2. The molecule has 0 radical (unpaired) electrons. The molecule has 0 aliphatic carbocycles. The molecule has 0 atom stereocenters. The summed E-state index contributed by atoms with van der Waals surface area (Å²) in [7, 11) is 1.93. The Morgan fingerprint density at radius 2 is 1.94 bits per heavy atom. The molecule has 90 valence electrons. The van der Waals surface area contributed by atoms with Crippen molar-refractivity contribution in [1.29, 1.82) is 0 Å². The maximum absolute atomic E-state index is 4.17. The van der Waals surface area contributed by atoms with Crippen LogP contribution < -0.4 is 5.32 Å². The van der Waals surface area contributed by atoms with E-state index in [0.29, 0.717) is 0 Å². The molecule has 0 amide bonds. The fraction of sp³-hybridized carbons (Fsp3) is 0.133. The van der Waals surface area contributed by atoms with E-state index in [0.717, 1.165) is 12.2 Å². The largest absolute Gasteiger partial charge is 0.380 e.